The summed E-state index contributed by atoms with van der Waals surface area (Å²) in [6.45, 7) is 0. The lowest BCUT2D eigenvalue weighted by Crippen LogP contribution is -1.92. The van der Waals surface area contributed by atoms with Gasteiger partial charge in [0.2, 0.25) is 5.52 Å². The minimum atomic E-state index is -0.564. The van der Waals surface area contributed by atoms with E-state index in [0.717, 1.165) is 5.52 Å². The summed E-state index contributed by atoms with van der Waals surface area (Å²) < 4.78 is 5.61. The van der Waals surface area contributed by atoms with Crippen molar-refractivity contribution in [3.05, 3.63) is 52.0 Å². The fourth-order valence-electron chi connectivity index (χ4n) is 1.82. The lowest BCUT2D eigenvalue weighted by atomic mass is 10.2. The minimum Gasteiger partial charge on any atom is -0.397 e. The first-order valence-corrected chi connectivity index (χ1v) is 6.98. The maximum Gasteiger partial charge on any atom is 0.300 e. The van der Waals surface area contributed by atoms with E-state index < -0.39 is 4.92 Å². The topological polar surface area (TPSA) is 121 Å². The number of anilines is 1. The maximum absolute atomic E-state index is 10.5. The number of nitrogens with two attached hydrogens (primary N) is 1. The van der Waals surface area contributed by atoms with Crippen LogP contribution in [0.1, 0.15) is 0 Å². The molecule has 4 rings (SSSR count). The normalized spacial score (nSPS) is 10.4. The van der Waals surface area contributed by atoms with Crippen molar-refractivity contribution in [2.75, 3.05) is 5.73 Å². The molecule has 0 bridgehead atoms. The Bertz CT molecular complexity index is 919. The van der Waals surface area contributed by atoms with Gasteiger partial charge >= 0.3 is 5.69 Å². The molecule has 22 heavy (non-hydrogen) atoms. The van der Waals surface area contributed by atoms with E-state index in [1.165, 1.54) is 16.8 Å². The van der Waals surface area contributed by atoms with Crippen LogP contribution in [0.5, 0.6) is 0 Å². The predicted molar refractivity (Wildman–Crippen MR) is 82.5 cm³/mol. The van der Waals surface area contributed by atoms with E-state index in [0.29, 0.717) is 5.69 Å². The number of nitrogens with zero attached hydrogens (tertiary/aromatic N) is 4. The highest BCUT2D eigenvalue weighted by Crippen LogP contribution is 2.26. The van der Waals surface area contributed by atoms with Gasteiger partial charge < -0.3 is 5.73 Å². The number of hydrogen-bond acceptors (Lipinski definition) is 8. The third-order valence-corrected chi connectivity index (χ3v) is 3.67. The molecule has 0 atom stereocenters. The van der Waals surface area contributed by atoms with Gasteiger partial charge in [0.05, 0.1) is 26.3 Å². The molecule has 0 spiro atoms. The molecule has 8 nitrogen and oxygen atoms in total. The predicted octanol–water partition coefficient (Wildman–Crippen LogP) is 3.01. The standard InChI is InChI=1S/C7H5NS.C6H4N4O3/c1-2-4-7-6(3-1)8-5-9-7;7-3-1-2-4(10(11)12)6-5(3)8-13-9-6/h1-5H;1-2H,7H2. The van der Waals surface area contributed by atoms with Crippen LogP contribution < -0.4 is 5.73 Å². The summed E-state index contributed by atoms with van der Waals surface area (Å²) >= 11 is 1.68. The van der Waals surface area contributed by atoms with Gasteiger partial charge in [-0.3, -0.25) is 10.1 Å². The van der Waals surface area contributed by atoms with E-state index in [2.05, 4.69) is 26.0 Å². The van der Waals surface area contributed by atoms with Gasteiger partial charge in [-0.25, -0.2) is 9.61 Å². The quantitative estimate of drug-likeness (QED) is 0.325. The van der Waals surface area contributed by atoms with Crippen LogP contribution >= 0.6 is 11.3 Å². The molecule has 0 radical (unpaired) electrons. The van der Waals surface area contributed by atoms with Crippen LogP contribution in [-0.2, 0) is 0 Å². The second-order valence-corrected chi connectivity index (χ2v) is 5.10. The Hall–Kier alpha value is -3.07. The average Bonchev–Trinajstić information content (AvgIpc) is 3.17. The largest absolute Gasteiger partial charge is 0.397 e. The molecule has 0 amide bonds. The zero-order valence-electron chi connectivity index (χ0n) is 11.0. The highest BCUT2D eigenvalue weighted by atomic mass is 32.1. The second-order valence-electron chi connectivity index (χ2n) is 4.21. The molecule has 2 N–H and O–H groups in total. The van der Waals surface area contributed by atoms with Crippen LogP contribution in [0.15, 0.2) is 46.5 Å². The fourth-order valence-corrected chi connectivity index (χ4v) is 2.50. The molecule has 0 aliphatic rings. The van der Waals surface area contributed by atoms with Crippen molar-refractivity contribution in [3.63, 3.8) is 0 Å². The number of non-ortho nitro benzene ring substituents is 1. The first-order chi connectivity index (χ1) is 10.7. The van der Waals surface area contributed by atoms with Crippen LogP contribution in [-0.4, -0.2) is 20.2 Å². The number of benzene rings is 2. The van der Waals surface area contributed by atoms with Gasteiger partial charge in [0, 0.05) is 6.07 Å². The summed E-state index contributed by atoms with van der Waals surface area (Å²) in [4.78, 5) is 14.1. The van der Waals surface area contributed by atoms with Crippen LogP contribution in [0, 0.1) is 10.1 Å². The summed E-state index contributed by atoms with van der Waals surface area (Å²) in [6, 6.07) is 10.8. The average molecular weight is 315 g/mol. The maximum atomic E-state index is 10.5. The molecule has 2 aromatic carbocycles. The monoisotopic (exact) mass is 315 g/mol. The second kappa shape index (κ2) is 5.74. The van der Waals surface area contributed by atoms with Crippen molar-refractivity contribution in [2.45, 2.75) is 0 Å². The van der Waals surface area contributed by atoms with Crippen LogP contribution in [0.3, 0.4) is 0 Å². The van der Waals surface area contributed by atoms with E-state index >= 15 is 0 Å². The summed E-state index contributed by atoms with van der Waals surface area (Å²) in [6.07, 6.45) is 0. The van der Waals surface area contributed by atoms with E-state index in [1.54, 1.807) is 11.3 Å². The minimum absolute atomic E-state index is 0.0741. The molecule has 2 aromatic heterocycles. The van der Waals surface area contributed by atoms with E-state index in [1.807, 2.05) is 23.7 Å². The van der Waals surface area contributed by atoms with Crippen molar-refractivity contribution in [2.24, 2.45) is 0 Å². The third-order valence-electron chi connectivity index (χ3n) is 2.86. The van der Waals surface area contributed by atoms with Crippen LogP contribution in [0.2, 0.25) is 0 Å². The Kier molecular flexibility index (Phi) is 3.62. The molecular weight excluding hydrogens is 306 g/mol. The van der Waals surface area contributed by atoms with Gasteiger partial charge in [0.25, 0.3) is 0 Å². The van der Waals surface area contributed by atoms with E-state index in [9.17, 15) is 10.1 Å². The lowest BCUT2D eigenvalue weighted by Gasteiger charge is -1.92. The molecule has 0 unspecified atom stereocenters. The Labute approximate surface area is 127 Å². The summed E-state index contributed by atoms with van der Waals surface area (Å²) in [7, 11) is 0. The molecule has 2 heterocycles. The van der Waals surface area contributed by atoms with Gasteiger partial charge in [0.15, 0.2) is 5.52 Å². The first kappa shape index (κ1) is 13.9. The number of para-hydroxylation sites is 1. The number of hydrogen-bond donors (Lipinski definition) is 1. The van der Waals surface area contributed by atoms with Crippen molar-refractivity contribution in [3.8, 4) is 0 Å². The van der Waals surface area contributed by atoms with Gasteiger partial charge in [0.1, 0.15) is 0 Å². The number of fused-ring (bicyclic) bond motifs is 2. The molecule has 0 aliphatic heterocycles. The number of aromatic nitrogens is 3. The number of nitrogen functional groups attached to an aromatic ring is 1. The van der Waals surface area contributed by atoms with E-state index in [-0.39, 0.29) is 16.7 Å². The summed E-state index contributed by atoms with van der Waals surface area (Å²) in [5, 5.41) is 17.3. The summed E-state index contributed by atoms with van der Waals surface area (Å²) in [5.74, 6) is 0. The molecule has 0 aliphatic carbocycles. The highest BCUT2D eigenvalue weighted by molar-refractivity contribution is 7.16. The SMILES string of the molecule is Nc1ccc([N+](=O)[O-])c2nonc12.c1ccc2scnc2c1. The van der Waals surface area contributed by atoms with Crippen molar-refractivity contribution >= 4 is 44.0 Å². The van der Waals surface area contributed by atoms with Gasteiger partial charge in [-0.2, -0.15) is 0 Å². The Morgan fingerprint density at radius 3 is 2.68 bits per heavy atom. The third kappa shape index (κ3) is 2.56. The Balaban J connectivity index is 0.000000139. The van der Waals surface area contributed by atoms with Gasteiger partial charge in [-0.1, -0.05) is 12.1 Å². The van der Waals surface area contributed by atoms with Crippen molar-refractivity contribution in [1.82, 2.24) is 15.3 Å². The van der Waals surface area contributed by atoms with Gasteiger partial charge in [-0.15, -0.1) is 11.3 Å². The van der Waals surface area contributed by atoms with Crippen molar-refractivity contribution < 1.29 is 9.55 Å². The fraction of sp³-hybridized carbons (Fsp3) is 0. The smallest absolute Gasteiger partial charge is 0.300 e. The number of thiazole rings is 1. The Morgan fingerprint density at radius 1 is 1.14 bits per heavy atom. The van der Waals surface area contributed by atoms with Crippen LogP contribution in [0.4, 0.5) is 11.4 Å². The number of nitro groups is 1. The van der Waals surface area contributed by atoms with Gasteiger partial charge in [-0.05, 0) is 28.5 Å². The molecule has 4 aromatic rings. The molecule has 110 valence electrons. The van der Waals surface area contributed by atoms with Crippen molar-refractivity contribution in [1.29, 1.82) is 0 Å². The summed E-state index contributed by atoms with van der Waals surface area (Å²) in [5.41, 5.74) is 8.89. The van der Waals surface area contributed by atoms with Crippen LogP contribution in [0.25, 0.3) is 21.3 Å². The number of nitro benzene ring substituents is 1. The zero-order chi connectivity index (χ0) is 15.5. The highest BCUT2D eigenvalue weighted by Gasteiger charge is 2.17. The lowest BCUT2D eigenvalue weighted by molar-refractivity contribution is -0.383. The zero-order valence-corrected chi connectivity index (χ0v) is 11.9. The molecular formula is C13H9N5O3S. The molecule has 0 fully saturated rings. The molecule has 9 heteroatoms. The Morgan fingerprint density at radius 2 is 1.91 bits per heavy atom. The molecule has 0 saturated heterocycles. The van der Waals surface area contributed by atoms with E-state index in [4.69, 9.17) is 5.73 Å². The first-order valence-electron chi connectivity index (χ1n) is 6.10. The number of rotatable bonds is 1. The molecule has 0 saturated carbocycles.